The topological polar surface area (TPSA) is 14.2 Å². The summed E-state index contributed by atoms with van der Waals surface area (Å²) in [5.74, 6) is 1.46. The first kappa shape index (κ1) is 22.9. The Kier molecular flexibility index (Phi) is 5.74. The number of benzene rings is 5. The Morgan fingerprint density at radius 2 is 1.53 bits per heavy atom. The summed E-state index contributed by atoms with van der Waals surface area (Å²) in [5.41, 5.74) is 9.49. The number of aromatic nitrogens is 1. The molecule has 1 atom stereocenters. The van der Waals surface area contributed by atoms with Crippen molar-refractivity contribution in [3.63, 3.8) is 0 Å². The van der Waals surface area contributed by atoms with Crippen molar-refractivity contribution < 1.29 is 4.74 Å². The average molecular weight is 494 g/mol. The molecule has 6 aromatic rings. The van der Waals surface area contributed by atoms with Crippen LogP contribution in [0.15, 0.2) is 115 Å². The molecule has 0 spiro atoms. The van der Waals surface area contributed by atoms with Crippen molar-refractivity contribution in [1.29, 1.82) is 0 Å². The minimum absolute atomic E-state index is 0.503. The van der Waals surface area contributed by atoms with E-state index < -0.39 is 0 Å². The SMILES string of the molecule is Cc1cn(Cc2ccc3ccccc3c2)c2cc(C3Cc4ccc(OCc5ccccc5)cc4C3)ccc12. The van der Waals surface area contributed by atoms with E-state index in [0.717, 1.165) is 25.1 Å². The van der Waals surface area contributed by atoms with Gasteiger partial charge in [0.05, 0.1) is 0 Å². The Morgan fingerprint density at radius 1 is 0.711 bits per heavy atom. The molecule has 0 radical (unpaired) electrons. The van der Waals surface area contributed by atoms with Gasteiger partial charge in [-0.05, 0) is 94.1 Å². The molecule has 0 aliphatic heterocycles. The molecule has 0 saturated carbocycles. The maximum Gasteiger partial charge on any atom is 0.120 e. The Balaban J connectivity index is 1.12. The average Bonchev–Trinajstić information content (AvgIpc) is 3.52. The summed E-state index contributed by atoms with van der Waals surface area (Å²) < 4.78 is 8.54. The largest absolute Gasteiger partial charge is 0.489 e. The van der Waals surface area contributed by atoms with Gasteiger partial charge in [0.1, 0.15) is 12.4 Å². The summed E-state index contributed by atoms with van der Waals surface area (Å²) in [6, 6.07) is 39.6. The lowest BCUT2D eigenvalue weighted by Crippen LogP contribution is -2.01. The summed E-state index contributed by atoms with van der Waals surface area (Å²) in [6.45, 7) is 3.71. The van der Waals surface area contributed by atoms with E-state index in [9.17, 15) is 0 Å². The highest BCUT2D eigenvalue weighted by atomic mass is 16.5. The molecule has 1 aliphatic carbocycles. The molecule has 5 aromatic carbocycles. The molecule has 0 N–H and O–H groups in total. The van der Waals surface area contributed by atoms with Crippen molar-refractivity contribution in [2.24, 2.45) is 0 Å². The standard InChI is InChI=1S/C36H31NO/c1-25-22-37(23-27-11-12-28-9-5-6-10-29(28)17-27)36-21-31(14-16-35(25)36)32-18-30-13-15-34(20-33(30)19-32)38-24-26-7-3-2-4-8-26/h2-17,20-22,32H,18-19,23-24H2,1H3. The van der Waals surface area contributed by atoms with Gasteiger partial charge in [0.15, 0.2) is 0 Å². The van der Waals surface area contributed by atoms with Gasteiger partial charge >= 0.3 is 0 Å². The first-order valence-electron chi connectivity index (χ1n) is 13.6. The predicted molar refractivity (Wildman–Crippen MR) is 157 cm³/mol. The third-order valence-electron chi connectivity index (χ3n) is 8.10. The summed E-state index contributed by atoms with van der Waals surface area (Å²) in [7, 11) is 0. The molecule has 186 valence electrons. The van der Waals surface area contributed by atoms with Crippen LogP contribution >= 0.6 is 0 Å². The van der Waals surface area contributed by atoms with Crippen LogP contribution in [0.5, 0.6) is 5.75 Å². The minimum Gasteiger partial charge on any atom is -0.489 e. The van der Waals surface area contributed by atoms with Gasteiger partial charge < -0.3 is 9.30 Å². The van der Waals surface area contributed by atoms with E-state index in [2.05, 4.69) is 121 Å². The van der Waals surface area contributed by atoms with Crippen molar-refractivity contribution in [3.05, 3.63) is 149 Å². The number of aryl methyl sites for hydroxylation is 1. The molecular weight excluding hydrogens is 462 g/mol. The Bertz CT molecular complexity index is 1760. The van der Waals surface area contributed by atoms with Crippen LogP contribution in [0.3, 0.4) is 0 Å². The van der Waals surface area contributed by atoms with E-state index in [1.807, 2.05) is 6.07 Å². The number of hydrogen-bond acceptors (Lipinski definition) is 1. The molecule has 1 heterocycles. The smallest absolute Gasteiger partial charge is 0.120 e. The van der Waals surface area contributed by atoms with Gasteiger partial charge in [-0.1, -0.05) is 84.9 Å². The highest BCUT2D eigenvalue weighted by molar-refractivity contribution is 5.85. The van der Waals surface area contributed by atoms with Gasteiger partial charge in [-0.15, -0.1) is 0 Å². The number of hydrogen-bond donors (Lipinski definition) is 0. The van der Waals surface area contributed by atoms with Crippen molar-refractivity contribution in [1.82, 2.24) is 4.57 Å². The maximum absolute atomic E-state index is 6.11. The summed E-state index contributed by atoms with van der Waals surface area (Å²) in [4.78, 5) is 0. The Morgan fingerprint density at radius 3 is 2.42 bits per heavy atom. The van der Waals surface area contributed by atoms with E-state index in [0.29, 0.717) is 12.5 Å². The third-order valence-corrected chi connectivity index (χ3v) is 8.10. The van der Waals surface area contributed by atoms with Gasteiger partial charge in [0.25, 0.3) is 0 Å². The van der Waals surface area contributed by atoms with Crippen LogP contribution in [-0.2, 0) is 26.0 Å². The predicted octanol–water partition coefficient (Wildman–Crippen LogP) is 8.61. The number of nitrogens with zero attached hydrogens (tertiary/aromatic N) is 1. The first-order chi connectivity index (χ1) is 18.7. The lowest BCUT2D eigenvalue weighted by molar-refractivity contribution is 0.306. The lowest BCUT2D eigenvalue weighted by Gasteiger charge is -2.12. The quantitative estimate of drug-likeness (QED) is 0.227. The minimum atomic E-state index is 0.503. The highest BCUT2D eigenvalue weighted by Gasteiger charge is 2.24. The van der Waals surface area contributed by atoms with Crippen LogP contribution < -0.4 is 4.74 Å². The van der Waals surface area contributed by atoms with E-state index in [-0.39, 0.29) is 0 Å². The lowest BCUT2D eigenvalue weighted by atomic mass is 9.95. The second kappa shape index (κ2) is 9.54. The van der Waals surface area contributed by atoms with Crippen LogP contribution in [0.2, 0.25) is 0 Å². The number of rotatable bonds is 6. The number of ether oxygens (including phenoxy) is 1. The number of fused-ring (bicyclic) bond motifs is 3. The second-order valence-corrected chi connectivity index (χ2v) is 10.7. The van der Waals surface area contributed by atoms with E-state index in [4.69, 9.17) is 4.74 Å². The molecule has 7 rings (SSSR count). The van der Waals surface area contributed by atoms with E-state index in [1.54, 1.807) is 0 Å². The monoisotopic (exact) mass is 493 g/mol. The van der Waals surface area contributed by atoms with Crippen molar-refractivity contribution >= 4 is 21.7 Å². The van der Waals surface area contributed by atoms with Gasteiger partial charge in [0.2, 0.25) is 0 Å². The molecule has 2 heteroatoms. The van der Waals surface area contributed by atoms with E-state index in [1.165, 1.54) is 55.1 Å². The fraction of sp³-hybridized carbons (Fsp3) is 0.167. The van der Waals surface area contributed by atoms with Crippen molar-refractivity contribution in [3.8, 4) is 5.75 Å². The molecular formula is C36H31NO. The van der Waals surface area contributed by atoms with Crippen LogP contribution in [0.25, 0.3) is 21.7 Å². The van der Waals surface area contributed by atoms with E-state index >= 15 is 0 Å². The molecule has 0 saturated heterocycles. The first-order valence-corrected chi connectivity index (χ1v) is 13.6. The maximum atomic E-state index is 6.11. The fourth-order valence-corrected chi connectivity index (χ4v) is 6.07. The van der Waals surface area contributed by atoms with Gasteiger partial charge in [0, 0.05) is 23.6 Å². The van der Waals surface area contributed by atoms with Crippen molar-refractivity contribution in [2.75, 3.05) is 0 Å². The molecule has 0 bridgehead atoms. The van der Waals surface area contributed by atoms with Crippen LogP contribution in [0.1, 0.15) is 39.3 Å². The summed E-state index contributed by atoms with van der Waals surface area (Å²) >= 11 is 0. The Hall–Kier alpha value is -4.30. The summed E-state index contributed by atoms with van der Waals surface area (Å²) in [5, 5.41) is 3.94. The zero-order chi connectivity index (χ0) is 25.5. The molecule has 1 unspecified atom stereocenters. The zero-order valence-electron chi connectivity index (χ0n) is 21.7. The summed E-state index contributed by atoms with van der Waals surface area (Å²) in [6.07, 6.45) is 4.46. The van der Waals surface area contributed by atoms with Crippen molar-refractivity contribution in [2.45, 2.75) is 38.8 Å². The Labute approximate surface area is 224 Å². The van der Waals surface area contributed by atoms with Gasteiger partial charge in [-0.2, -0.15) is 0 Å². The molecule has 1 aromatic heterocycles. The molecule has 1 aliphatic rings. The molecule has 38 heavy (non-hydrogen) atoms. The fourth-order valence-electron chi connectivity index (χ4n) is 6.07. The van der Waals surface area contributed by atoms with Crippen LogP contribution in [0, 0.1) is 6.92 Å². The molecule has 0 amide bonds. The van der Waals surface area contributed by atoms with Crippen LogP contribution in [0.4, 0.5) is 0 Å². The van der Waals surface area contributed by atoms with Crippen LogP contribution in [-0.4, -0.2) is 4.57 Å². The highest BCUT2D eigenvalue weighted by Crippen LogP contribution is 2.37. The molecule has 0 fully saturated rings. The normalized spacial score (nSPS) is 14.7. The zero-order valence-corrected chi connectivity index (χ0v) is 21.7. The molecule has 2 nitrogen and oxygen atoms in total. The second-order valence-electron chi connectivity index (χ2n) is 10.7. The third kappa shape index (κ3) is 4.37. The van der Waals surface area contributed by atoms with Gasteiger partial charge in [-0.25, -0.2) is 0 Å². The van der Waals surface area contributed by atoms with Gasteiger partial charge in [-0.3, -0.25) is 0 Å².